The summed E-state index contributed by atoms with van der Waals surface area (Å²) >= 11 is 0. The maximum absolute atomic E-state index is 12.2. The molecule has 1 rings (SSSR count). The molecular formula is C13H17F3N2O3. The summed E-state index contributed by atoms with van der Waals surface area (Å²) in [7, 11) is 0. The van der Waals surface area contributed by atoms with Gasteiger partial charge in [0.1, 0.15) is 5.75 Å². The summed E-state index contributed by atoms with van der Waals surface area (Å²) in [5.74, 6) is -0.271. The number of urea groups is 1. The minimum atomic E-state index is -4.74. The summed E-state index contributed by atoms with van der Waals surface area (Å²) in [6, 6.07) is 5.34. The normalized spacial score (nSPS) is 11.0. The van der Waals surface area contributed by atoms with Gasteiger partial charge in [0.25, 0.3) is 0 Å². The van der Waals surface area contributed by atoms with Crippen LogP contribution in [0.15, 0.2) is 24.3 Å². The first kappa shape index (κ1) is 17.1. The fourth-order valence-electron chi connectivity index (χ4n) is 1.59. The van der Waals surface area contributed by atoms with Gasteiger partial charge in [0, 0.05) is 19.7 Å². The molecular weight excluding hydrogens is 289 g/mol. The number of hydrogen-bond donors (Lipinski definition) is 3. The molecule has 0 saturated carbocycles. The SMILES string of the molecule is O=C(NCCCO)NCCc1ccccc1OC(F)(F)F. The molecule has 0 atom stereocenters. The Hall–Kier alpha value is -1.96. The van der Waals surface area contributed by atoms with Crippen molar-refractivity contribution >= 4 is 6.03 Å². The summed E-state index contributed by atoms with van der Waals surface area (Å²) in [6.45, 7) is 0.474. The molecule has 0 bridgehead atoms. The third-order valence-electron chi connectivity index (χ3n) is 2.50. The molecule has 0 aliphatic carbocycles. The number of nitrogens with one attached hydrogen (secondary N) is 2. The van der Waals surface area contributed by atoms with Gasteiger partial charge in [-0.05, 0) is 24.5 Å². The van der Waals surface area contributed by atoms with Gasteiger partial charge in [0.2, 0.25) is 0 Å². The number of hydrogen-bond acceptors (Lipinski definition) is 3. The highest BCUT2D eigenvalue weighted by Crippen LogP contribution is 2.26. The number of carbonyl (C=O) groups is 1. The minimum absolute atomic E-state index is 0.0254. The second kappa shape index (κ2) is 8.35. The summed E-state index contributed by atoms with van der Waals surface area (Å²) in [4.78, 5) is 11.3. The lowest BCUT2D eigenvalue weighted by molar-refractivity contribution is -0.274. The molecule has 1 aromatic carbocycles. The lowest BCUT2D eigenvalue weighted by Gasteiger charge is -2.13. The van der Waals surface area contributed by atoms with E-state index in [0.717, 1.165) is 0 Å². The predicted octanol–water partition coefficient (Wildman–Crippen LogP) is 1.81. The molecule has 0 unspecified atom stereocenters. The van der Waals surface area contributed by atoms with Crippen molar-refractivity contribution in [2.24, 2.45) is 0 Å². The molecule has 1 aromatic rings. The number of ether oxygens (including phenoxy) is 1. The van der Waals surface area contributed by atoms with Crippen LogP contribution < -0.4 is 15.4 Å². The maximum atomic E-state index is 12.2. The molecule has 118 valence electrons. The van der Waals surface area contributed by atoms with E-state index in [2.05, 4.69) is 15.4 Å². The van der Waals surface area contributed by atoms with Gasteiger partial charge in [-0.1, -0.05) is 18.2 Å². The van der Waals surface area contributed by atoms with Crippen LogP contribution in [0.1, 0.15) is 12.0 Å². The van der Waals surface area contributed by atoms with Crippen LogP contribution in [0.3, 0.4) is 0 Å². The zero-order valence-electron chi connectivity index (χ0n) is 11.2. The van der Waals surface area contributed by atoms with E-state index >= 15 is 0 Å². The Bertz CT molecular complexity index is 453. The number of amides is 2. The van der Waals surface area contributed by atoms with Crippen LogP contribution in [-0.4, -0.2) is 37.2 Å². The number of aliphatic hydroxyl groups is 1. The molecule has 5 nitrogen and oxygen atoms in total. The van der Waals surface area contributed by atoms with Crippen molar-refractivity contribution in [1.29, 1.82) is 0 Å². The van der Waals surface area contributed by atoms with Gasteiger partial charge < -0.3 is 20.5 Å². The molecule has 0 aliphatic rings. The third kappa shape index (κ3) is 7.40. The first-order chi connectivity index (χ1) is 9.92. The molecule has 0 aliphatic heterocycles. The second-order valence-electron chi connectivity index (χ2n) is 4.17. The fourth-order valence-corrected chi connectivity index (χ4v) is 1.59. The second-order valence-corrected chi connectivity index (χ2v) is 4.17. The molecule has 0 aromatic heterocycles. The van der Waals surface area contributed by atoms with Crippen molar-refractivity contribution in [2.75, 3.05) is 19.7 Å². The highest BCUT2D eigenvalue weighted by atomic mass is 19.4. The molecule has 0 heterocycles. The van der Waals surface area contributed by atoms with Crippen molar-refractivity contribution in [3.05, 3.63) is 29.8 Å². The van der Waals surface area contributed by atoms with E-state index in [1.165, 1.54) is 18.2 Å². The number of aliphatic hydroxyl groups excluding tert-OH is 1. The Morgan fingerprint density at radius 1 is 1.19 bits per heavy atom. The van der Waals surface area contributed by atoms with Gasteiger partial charge in [0.05, 0.1) is 0 Å². The molecule has 8 heteroatoms. The predicted molar refractivity (Wildman–Crippen MR) is 69.9 cm³/mol. The Balaban J connectivity index is 2.43. The van der Waals surface area contributed by atoms with E-state index in [1.807, 2.05) is 0 Å². The van der Waals surface area contributed by atoms with Crippen LogP contribution in [0.25, 0.3) is 0 Å². The average Bonchev–Trinajstić information content (AvgIpc) is 2.39. The maximum Gasteiger partial charge on any atom is 0.573 e. The fraction of sp³-hybridized carbons (Fsp3) is 0.462. The Kier molecular flexibility index (Phi) is 6.80. The monoisotopic (exact) mass is 306 g/mol. The van der Waals surface area contributed by atoms with Crippen molar-refractivity contribution in [2.45, 2.75) is 19.2 Å². The van der Waals surface area contributed by atoms with Crippen molar-refractivity contribution in [1.82, 2.24) is 10.6 Å². The van der Waals surface area contributed by atoms with E-state index in [9.17, 15) is 18.0 Å². The molecule has 0 fully saturated rings. The lowest BCUT2D eigenvalue weighted by Crippen LogP contribution is -2.37. The first-order valence-corrected chi connectivity index (χ1v) is 6.38. The van der Waals surface area contributed by atoms with E-state index < -0.39 is 12.4 Å². The van der Waals surface area contributed by atoms with Crippen molar-refractivity contribution < 1.29 is 27.8 Å². The highest BCUT2D eigenvalue weighted by molar-refractivity contribution is 5.73. The molecule has 0 radical (unpaired) electrons. The number of benzene rings is 1. The molecule has 2 amide bonds. The first-order valence-electron chi connectivity index (χ1n) is 6.38. The van der Waals surface area contributed by atoms with Crippen LogP contribution in [0.5, 0.6) is 5.75 Å². The molecule has 3 N–H and O–H groups in total. The van der Waals surface area contributed by atoms with Gasteiger partial charge >= 0.3 is 12.4 Å². The summed E-state index contributed by atoms with van der Waals surface area (Å²) in [5.41, 5.74) is 0.352. The zero-order chi connectivity index (χ0) is 15.7. The van der Waals surface area contributed by atoms with Gasteiger partial charge in [0.15, 0.2) is 0 Å². The third-order valence-corrected chi connectivity index (χ3v) is 2.50. The van der Waals surface area contributed by atoms with E-state index in [0.29, 0.717) is 18.5 Å². The summed E-state index contributed by atoms with van der Waals surface area (Å²) in [5, 5.41) is 13.6. The minimum Gasteiger partial charge on any atom is -0.406 e. The van der Waals surface area contributed by atoms with E-state index in [4.69, 9.17) is 5.11 Å². The molecule has 21 heavy (non-hydrogen) atoms. The Morgan fingerprint density at radius 3 is 2.52 bits per heavy atom. The Labute approximate surface area is 120 Å². The number of alkyl halides is 3. The van der Waals surface area contributed by atoms with Crippen LogP contribution in [0, 0.1) is 0 Å². The van der Waals surface area contributed by atoms with E-state index in [1.54, 1.807) is 6.07 Å². The number of carbonyl (C=O) groups excluding carboxylic acids is 1. The van der Waals surface area contributed by atoms with Crippen LogP contribution >= 0.6 is 0 Å². The largest absolute Gasteiger partial charge is 0.573 e. The average molecular weight is 306 g/mol. The lowest BCUT2D eigenvalue weighted by atomic mass is 10.1. The number of halogens is 3. The molecule has 0 saturated heterocycles. The smallest absolute Gasteiger partial charge is 0.406 e. The number of rotatable bonds is 7. The molecule has 0 spiro atoms. The Morgan fingerprint density at radius 2 is 1.86 bits per heavy atom. The van der Waals surface area contributed by atoms with Crippen molar-refractivity contribution in [3.8, 4) is 5.75 Å². The van der Waals surface area contributed by atoms with Crippen LogP contribution in [0.4, 0.5) is 18.0 Å². The zero-order valence-corrected chi connectivity index (χ0v) is 11.2. The van der Waals surface area contributed by atoms with Gasteiger partial charge in [-0.2, -0.15) is 0 Å². The van der Waals surface area contributed by atoms with Crippen molar-refractivity contribution in [3.63, 3.8) is 0 Å². The van der Waals surface area contributed by atoms with Gasteiger partial charge in [-0.3, -0.25) is 0 Å². The summed E-state index contributed by atoms with van der Waals surface area (Å²) < 4.78 is 40.6. The van der Waals surface area contributed by atoms with Gasteiger partial charge in [-0.15, -0.1) is 13.2 Å². The van der Waals surface area contributed by atoms with Crippen LogP contribution in [-0.2, 0) is 6.42 Å². The topological polar surface area (TPSA) is 70.6 Å². The van der Waals surface area contributed by atoms with Gasteiger partial charge in [-0.25, -0.2) is 4.79 Å². The van der Waals surface area contributed by atoms with Crippen LogP contribution in [0.2, 0.25) is 0 Å². The number of para-hydroxylation sites is 1. The quantitative estimate of drug-likeness (QED) is 0.673. The van der Waals surface area contributed by atoms with E-state index in [-0.39, 0.29) is 25.3 Å². The highest BCUT2D eigenvalue weighted by Gasteiger charge is 2.31. The summed E-state index contributed by atoms with van der Waals surface area (Å²) in [6.07, 6.45) is -4.10. The standard InChI is InChI=1S/C13H17F3N2O3/c14-13(15,16)21-11-5-2-1-4-10(11)6-8-18-12(20)17-7-3-9-19/h1-2,4-5,19H,3,6-9H2,(H2,17,18,20).